The quantitative estimate of drug-likeness (QED) is 0.872. The molecule has 4 nitrogen and oxygen atoms in total. The first-order valence-corrected chi connectivity index (χ1v) is 5.47. The summed E-state index contributed by atoms with van der Waals surface area (Å²) in [5, 5.41) is 2.21. The highest BCUT2D eigenvalue weighted by Crippen LogP contribution is 2.33. The molecule has 0 atom stereocenters. The van der Waals surface area contributed by atoms with E-state index in [1.54, 1.807) is 0 Å². The van der Waals surface area contributed by atoms with Crippen molar-refractivity contribution < 1.29 is 22.7 Å². The number of aromatic nitrogens is 1. The van der Waals surface area contributed by atoms with E-state index in [1.165, 1.54) is 7.11 Å². The van der Waals surface area contributed by atoms with Crippen LogP contribution in [0.4, 0.5) is 18.9 Å². The van der Waals surface area contributed by atoms with Gasteiger partial charge in [-0.15, -0.1) is 0 Å². The number of pyridine rings is 1. The SMILES string of the molecule is COc1ncc(C(F)(F)F)cc1NC(=O)CBr. The maximum Gasteiger partial charge on any atom is 0.417 e. The monoisotopic (exact) mass is 312 g/mol. The van der Waals surface area contributed by atoms with Crippen molar-refractivity contribution in [2.24, 2.45) is 0 Å². The van der Waals surface area contributed by atoms with Crippen LogP contribution in [-0.2, 0) is 11.0 Å². The van der Waals surface area contributed by atoms with Crippen LogP contribution in [0.25, 0.3) is 0 Å². The Balaban J connectivity index is 3.11. The number of nitrogens with zero attached hydrogens (tertiary/aromatic N) is 1. The average molecular weight is 313 g/mol. The van der Waals surface area contributed by atoms with Crippen LogP contribution in [0.5, 0.6) is 5.88 Å². The Morgan fingerprint density at radius 2 is 2.24 bits per heavy atom. The van der Waals surface area contributed by atoms with Crippen molar-refractivity contribution in [2.75, 3.05) is 17.8 Å². The number of alkyl halides is 4. The molecule has 0 bridgehead atoms. The first-order chi connectivity index (χ1) is 7.88. The number of carbonyl (C=O) groups excluding carboxylic acids is 1. The van der Waals surface area contributed by atoms with Gasteiger partial charge in [-0.25, -0.2) is 4.98 Å². The fraction of sp³-hybridized carbons (Fsp3) is 0.333. The van der Waals surface area contributed by atoms with Gasteiger partial charge in [0, 0.05) is 6.20 Å². The van der Waals surface area contributed by atoms with Gasteiger partial charge in [0.05, 0.1) is 18.0 Å². The standard InChI is InChI=1S/C9H8BrF3N2O2/c1-17-8-6(15-7(16)3-10)2-5(4-14-8)9(11,12)13/h2,4H,3H2,1H3,(H,15,16). The van der Waals surface area contributed by atoms with Crippen molar-refractivity contribution in [1.29, 1.82) is 0 Å². The number of anilines is 1. The molecule has 0 aromatic carbocycles. The van der Waals surface area contributed by atoms with Crippen molar-refractivity contribution in [3.05, 3.63) is 17.8 Å². The van der Waals surface area contributed by atoms with E-state index in [2.05, 4.69) is 26.2 Å². The summed E-state index contributed by atoms with van der Waals surface area (Å²) in [5.41, 5.74) is -1.07. The van der Waals surface area contributed by atoms with Crippen LogP contribution in [0.2, 0.25) is 0 Å². The fourth-order valence-electron chi connectivity index (χ4n) is 1.04. The summed E-state index contributed by atoms with van der Waals surface area (Å²) in [6.45, 7) is 0. The summed E-state index contributed by atoms with van der Waals surface area (Å²) in [4.78, 5) is 14.6. The van der Waals surface area contributed by atoms with Gasteiger partial charge in [0.1, 0.15) is 5.69 Å². The molecule has 1 heterocycles. The summed E-state index contributed by atoms with van der Waals surface area (Å²) in [6, 6.07) is 0.770. The Labute approximate surface area is 103 Å². The Morgan fingerprint density at radius 1 is 1.59 bits per heavy atom. The molecule has 8 heteroatoms. The van der Waals surface area contributed by atoms with Crippen LogP contribution in [0.1, 0.15) is 5.56 Å². The minimum absolute atomic E-state index is 0.0353. The Bertz CT molecular complexity index is 423. The van der Waals surface area contributed by atoms with Crippen molar-refractivity contribution in [1.82, 2.24) is 4.98 Å². The zero-order chi connectivity index (χ0) is 13.1. The predicted molar refractivity (Wildman–Crippen MR) is 58.2 cm³/mol. The van der Waals surface area contributed by atoms with Crippen molar-refractivity contribution in [3.63, 3.8) is 0 Å². The number of rotatable bonds is 3. The Kier molecular flexibility index (Phi) is 4.33. The van der Waals surface area contributed by atoms with Gasteiger partial charge in [-0.05, 0) is 6.07 Å². The maximum absolute atomic E-state index is 12.4. The third kappa shape index (κ3) is 3.58. The third-order valence-corrected chi connectivity index (χ3v) is 2.28. The van der Waals surface area contributed by atoms with Crippen LogP contribution in [0, 0.1) is 0 Å². The zero-order valence-corrected chi connectivity index (χ0v) is 10.2. The molecule has 0 radical (unpaired) electrons. The number of nitrogens with one attached hydrogen (secondary N) is 1. The smallest absolute Gasteiger partial charge is 0.417 e. The molecule has 0 saturated carbocycles. The molecule has 94 valence electrons. The highest BCUT2D eigenvalue weighted by molar-refractivity contribution is 9.09. The first-order valence-electron chi connectivity index (χ1n) is 4.35. The minimum Gasteiger partial charge on any atom is -0.480 e. The number of hydrogen-bond acceptors (Lipinski definition) is 3. The number of halogens is 4. The molecule has 0 unspecified atom stereocenters. The molecule has 0 aliphatic rings. The van der Waals surface area contributed by atoms with Gasteiger partial charge in [-0.1, -0.05) is 15.9 Å². The van der Waals surface area contributed by atoms with E-state index < -0.39 is 17.6 Å². The molecular weight excluding hydrogens is 305 g/mol. The predicted octanol–water partition coefficient (Wildman–Crippen LogP) is 2.44. The third-order valence-electron chi connectivity index (χ3n) is 1.77. The molecule has 0 saturated heterocycles. The number of methoxy groups -OCH3 is 1. The fourth-order valence-corrected chi connectivity index (χ4v) is 1.18. The second kappa shape index (κ2) is 5.35. The largest absolute Gasteiger partial charge is 0.480 e. The maximum atomic E-state index is 12.4. The summed E-state index contributed by atoms with van der Waals surface area (Å²) >= 11 is 2.88. The normalized spacial score (nSPS) is 11.1. The van der Waals surface area contributed by atoms with E-state index in [0.717, 1.165) is 6.07 Å². The second-order valence-corrected chi connectivity index (χ2v) is 3.52. The van der Waals surface area contributed by atoms with Gasteiger partial charge in [-0.2, -0.15) is 13.2 Å². The Morgan fingerprint density at radius 3 is 2.71 bits per heavy atom. The molecule has 1 aromatic rings. The topological polar surface area (TPSA) is 51.2 Å². The lowest BCUT2D eigenvalue weighted by Gasteiger charge is -2.11. The summed E-state index contributed by atoms with van der Waals surface area (Å²) in [7, 11) is 1.25. The van der Waals surface area contributed by atoms with Gasteiger partial charge >= 0.3 is 6.18 Å². The van der Waals surface area contributed by atoms with E-state index in [1.807, 2.05) is 0 Å². The van der Waals surface area contributed by atoms with Crippen LogP contribution in [0.15, 0.2) is 12.3 Å². The van der Waals surface area contributed by atoms with E-state index >= 15 is 0 Å². The van der Waals surface area contributed by atoms with Crippen LogP contribution >= 0.6 is 15.9 Å². The van der Waals surface area contributed by atoms with E-state index in [0.29, 0.717) is 6.20 Å². The van der Waals surface area contributed by atoms with E-state index in [9.17, 15) is 18.0 Å². The number of ether oxygens (including phenoxy) is 1. The molecule has 0 aliphatic carbocycles. The van der Waals surface area contributed by atoms with Gasteiger partial charge in [0.15, 0.2) is 0 Å². The molecular formula is C9H8BrF3N2O2. The summed E-state index contributed by atoms with van der Waals surface area (Å²) < 4.78 is 42.0. The van der Waals surface area contributed by atoms with Crippen LogP contribution in [-0.4, -0.2) is 23.3 Å². The number of amides is 1. The van der Waals surface area contributed by atoms with Gasteiger partial charge in [0.2, 0.25) is 11.8 Å². The van der Waals surface area contributed by atoms with E-state index in [4.69, 9.17) is 4.74 Å². The molecule has 0 fully saturated rings. The van der Waals surface area contributed by atoms with Crippen molar-refractivity contribution in [3.8, 4) is 5.88 Å². The number of hydrogen-bond donors (Lipinski definition) is 1. The van der Waals surface area contributed by atoms with Gasteiger partial charge in [-0.3, -0.25) is 4.79 Å². The molecule has 1 amide bonds. The lowest BCUT2D eigenvalue weighted by Crippen LogP contribution is -2.15. The van der Waals surface area contributed by atoms with E-state index in [-0.39, 0.29) is 16.9 Å². The van der Waals surface area contributed by atoms with Gasteiger partial charge < -0.3 is 10.1 Å². The zero-order valence-electron chi connectivity index (χ0n) is 8.64. The Hall–Kier alpha value is -1.31. The average Bonchev–Trinajstić information content (AvgIpc) is 2.27. The lowest BCUT2D eigenvalue weighted by atomic mass is 10.2. The van der Waals surface area contributed by atoms with Gasteiger partial charge in [0.25, 0.3) is 0 Å². The van der Waals surface area contributed by atoms with Crippen molar-refractivity contribution in [2.45, 2.75) is 6.18 Å². The molecule has 1 aromatic heterocycles. The summed E-state index contributed by atoms with van der Waals surface area (Å²) in [5.74, 6) is -0.572. The minimum atomic E-state index is -4.52. The molecule has 1 N–H and O–H groups in total. The lowest BCUT2D eigenvalue weighted by molar-refractivity contribution is -0.137. The second-order valence-electron chi connectivity index (χ2n) is 2.96. The van der Waals surface area contributed by atoms with Crippen molar-refractivity contribution >= 4 is 27.5 Å². The number of carbonyl (C=O) groups is 1. The first kappa shape index (κ1) is 13.8. The molecule has 0 aliphatic heterocycles. The summed E-state index contributed by atoms with van der Waals surface area (Å²) in [6.07, 6.45) is -3.88. The highest BCUT2D eigenvalue weighted by atomic mass is 79.9. The molecule has 17 heavy (non-hydrogen) atoms. The molecule has 0 spiro atoms. The van der Waals surface area contributed by atoms with Crippen LogP contribution < -0.4 is 10.1 Å². The molecule has 1 rings (SSSR count). The van der Waals surface area contributed by atoms with Crippen LogP contribution in [0.3, 0.4) is 0 Å². The highest BCUT2D eigenvalue weighted by Gasteiger charge is 2.32.